The van der Waals surface area contributed by atoms with Gasteiger partial charge in [-0.2, -0.15) is 0 Å². The van der Waals surface area contributed by atoms with Crippen LogP contribution in [0.25, 0.3) is 0 Å². The predicted molar refractivity (Wildman–Crippen MR) is 107 cm³/mol. The van der Waals surface area contributed by atoms with E-state index in [1.54, 1.807) is 20.8 Å². The van der Waals surface area contributed by atoms with Crippen molar-refractivity contribution in [3.63, 3.8) is 0 Å². The van der Waals surface area contributed by atoms with Gasteiger partial charge in [0, 0.05) is 13.0 Å². The molecule has 0 saturated heterocycles. The van der Waals surface area contributed by atoms with Crippen molar-refractivity contribution in [3.8, 4) is 0 Å². The molecule has 152 valence electrons. The highest BCUT2D eigenvalue weighted by Gasteiger charge is 2.26. The number of esters is 1. The molecular formula is C22H30N2O4. The van der Waals surface area contributed by atoms with Gasteiger partial charge in [-0.25, -0.2) is 0 Å². The van der Waals surface area contributed by atoms with E-state index in [9.17, 15) is 14.4 Å². The van der Waals surface area contributed by atoms with Crippen molar-refractivity contribution < 1.29 is 19.1 Å². The molecule has 0 fully saturated rings. The quantitative estimate of drug-likeness (QED) is 0.618. The molecule has 0 bridgehead atoms. The number of hydrogen-bond donors (Lipinski definition) is 2. The molecule has 1 aromatic carbocycles. The van der Waals surface area contributed by atoms with Crippen molar-refractivity contribution in [2.45, 2.75) is 58.1 Å². The summed E-state index contributed by atoms with van der Waals surface area (Å²) in [6.45, 7) is 5.68. The Kier molecular flexibility index (Phi) is 7.79. The summed E-state index contributed by atoms with van der Waals surface area (Å²) in [7, 11) is 0. The Morgan fingerprint density at radius 3 is 2.54 bits per heavy atom. The summed E-state index contributed by atoms with van der Waals surface area (Å²) < 4.78 is 5.37. The lowest BCUT2D eigenvalue weighted by molar-refractivity contribution is -0.157. The smallest absolute Gasteiger partial charge is 0.307 e. The summed E-state index contributed by atoms with van der Waals surface area (Å²) >= 11 is 0. The second-order valence-electron chi connectivity index (χ2n) is 8.01. The first-order chi connectivity index (χ1) is 13.2. The van der Waals surface area contributed by atoms with Gasteiger partial charge in [0.15, 0.2) is 0 Å². The van der Waals surface area contributed by atoms with Gasteiger partial charge in [0.1, 0.15) is 5.60 Å². The second-order valence-corrected chi connectivity index (χ2v) is 8.01. The van der Waals surface area contributed by atoms with Crippen molar-refractivity contribution >= 4 is 17.8 Å². The number of carbonyl (C=O) groups excluding carboxylic acids is 3. The Hall–Kier alpha value is -2.63. The van der Waals surface area contributed by atoms with Gasteiger partial charge >= 0.3 is 5.97 Å². The summed E-state index contributed by atoms with van der Waals surface area (Å²) in [5.74, 6) is -1.16. The van der Waals surface area contributed by atoms with Crippen molar-refractivity contribution in [1.29, 1.82) is 0 Å². The third-order valence-electron chi connectivity index (χ3n) is 4.35. The summed E-state index contributed by atoms with van der Waals surface area (Å²) in [5.41, 5.74) is 0.338. The first-order valence-electron chi connectivity index (χ1n) is 9.73. The van der Waals surface area contributed by atoms with E-state index < -0.39 is 11.5 Å². The predicted octanol–water partition coefficient (Wildman–Crippen LogP) is 3.05. The van der Waals surface area contributed by atoms with E-state index >= 15 is 0 Å². The largest absolute Gasteiger partial charge is 0.460 e. The fourth-order valence-corrected chi connectivity index (χ4v) is 3.01. The molecule has 2 N–H and O–H groups in total. The van der Waals surface area contributed by atoms with Crippen LogP contribution < -0.4 is 10.6 Å². The molecule has 1 heterocycles. The minimum Gasteiger partial charge on any atom is -0.460 e. The first-order valence-corrected chi connectivity index (χ1v) is 9.73. The van der Waals surface area contributed by atoms with Gasteiger partial charge in [0.2, 0.25) is 11.8 Å². The molecule has 28 heavy (non-hydrogen) atoms. The molecule has 2 amide bonds. The average molecular weight is 386 g/mol. The third-order valence-corrected chi connectivity index (χ3v) is 4.35. The fourth-order valence-electron chi connectivity index (χ4n) is 3.01. The number of rotatable bonds is 3. The summed E-state index contributed by atoms with van der Waals surface area (Å²) in [6, 6.07) is 9.22. The Balaban J connectivity index is 2.11. The second kappa shape index (κ2) is 10.1. The van der Waals surface area contributed by atoms with Crippen LogP contribution >= 0.6 is 0 Å². The number of allylic oxidation sites excluding steroid dienone is 2. The lowest BCUT2D eigenvalue weighted by atomic mass is 9.98. The van der Waals surface area contributed by atoms with Crippen LogP contribution in [0.15, 0.2) is 42.5 Å². The van der Waals surface area contributed by atoms with E-state index in [4.69, 9.17) is 4.74 Å². The number of ether oxygens (including phenoxy) is 1. The van der Waals surface area contributed by atoms with Crippen molar-refractivity contribution in [1.82, 2.24) is 10.6 Å². The van der Waals surface area contributed by atoms with E-state index in [0.717, 1.165) is 5.56 Å². The minimum absolute atomic E-state index is 0.0236. The highest BCUT2D eigenvalue weighted by Crippen LogP contribution is 2.18. The average Bonchev–Trinajstić information content (AvgIpc) is 2.62. The number of carbonyl (C=O) groups is 3. The molecule has 0 saturated carbocycles. The Morgan fingerprint density at radius 2 is 1.86 bits per heavy atom. The Bertz CT molecular complexity index is 707. The van der Waals surface area contributed by atoms with Gasteiger partial charge in [-0.05, 0) is 39.2 Å². The monoisotopic (exact) mass is 386 g/mol. The minimum atomic E-state index is -0.586. The van der Waals surface area contributed by atoms with Crippen LogP contribution in [-0.4, -0.2) is 29.9 Å². The first kappa shape index (κ1) is 21.7. The number of benzene rings is 1. The molecule has 0 radical (unpaired) electrons. The van der Waals surface area contributed by atoms with Crippen molar-refractivity contribution in [3.05, 3.63) is 48.0 Å². The topological polar surface area (TPSA) is 84.5 Å². The van der Waals surface area contributed by atoms with Gasteiger partial charge in [-0.3, -0.25) is 14.4 Å². The molecular weight excluding hydrogens is 356 g/mol. The van der Waals surface area contributed by atoms with Gasteiger partial charge < -0.3 is 15.4 Å². The van der Waals surface area contributed by atoms with Gasteiger partial charge in [0.25, 0.3) is 0 Å². The van der Waals surface area contributed by atoms with Crippen molar-refractivity contribution in [2.24, 2.45) is 5.92 Å². The number of hydrogen-bond acceptors (Lipinski definition) is 4. The van der Waals surface area contributed by atoms with Crippen LogP contribution in [0.2, 0.25) is 0 Å². The summed E-state index contributed by atoms with van der Waals surface area (Å²) in [5, 5.41) is 5.87. The van der Waals surface area contributed by atoms with E-state index in [1.165, 1.54) is 0 Å². The highest BCUT2D eigenvalue weighted by atomic mass is 16.6. The lowest BCUT2D eigenvalue weighted by Crippen LogP contribution is -2.40. The zero-order chi connectivity index (χ0) is 20.6. The molecule has 1 aliphatic heterocycles. The van der Waals surface area contributed by atoms with Crippen LogP contribution in [-0.2, 0) is 19.1 Å². The normalized spacial score (nSPS) is 21.7. The highest BCUT2D eigenvalue weighted by molar-refractivity contribution is 5.84. The fraction of sp³-hybridized carbons (Fsp3) is 0.500. The van der Waals surface area contributed by atoms with Crippen LogP contribution in [0.4, 0.5) is 0 Å². The Labute approximate surface area is 166 Å². The van der Waals surface area contributed by atoms with Gasteiger partial charge in [-0.1, -0.05) is 42.5 Å². The standard InChI is InChI=1S/C22H30N2O4/c1-22(2,3)28-20(26)14-17-12-8-5-9-13-19(25)24-18(15-23-21(17)27)16-10-6-4-7-11-16/h4-8,10-11,17-18H,9,12-15H2,1-3H3,(H,23,27)(H,24,25)/t17-,18?/m0/s1. The third kappa shape index (κ3) is 7.55. The lowest BCUT2D eigenvalue weighted by Gasteiger charge is -2.24. The number of nitrogens with one attached hydrogen (secondary N) is 2. The molecule has 2 atom stereocenters. The molecule has 2 rings (SSSR count). The van der Waals surface area contributed by atoms with Crippen LogP contribution in [0.1, 0.15) is 58.1 Å². The van der Waals surface area contributed by atoms with Crippen molar-refractivity contribution in [2.75, 3.05) is 6.54 Å². The zero-order valence-electron chi connectivity index (χ0n) is 16.9. The summed E-state index contributed by atoms with van der Waals surface area (Å²) in [6.07, 6.45) is 5.17. The molecule has 6 nitrogen and oxygen atoms in total. The Morgan fingerprint density at radius 1 is 1.14 bits per heavy atom. The zero-order valence-corrected chi connectivity index (χ0v) is 16.9. The molecule has 0 aliphatic carbocycles. The van der Waals surface area contributed by atoms with Crippen LogP contribution in [0.5, 0.6) is 0 Å². The molecule has 0 spiro atoms. The molecule has 0 aromatic heterocycles. The van der Waals surface area contributed by atoms with E-state index in [-0.39, 0.29) is 36.8 Å². The molecule has 1 aliphatic rings. The SMILES string of the molecule is CC(C)(C)OC(=O)C[C@@H]1CC=CCCC(=O)NC(c2ccccc2)CNC1=O. The van der Waals surface area contributed by atoms with Gasteiger partial charge in [0.05, 0.1) is 18.4 Å². The maximum Gasteiger partial charge on any atom is 0.307 e. The van der Waals surface area contributed by atoms with Crippen LogP contribution in [0, 0.1) is 5.92 Å². The van der Waals surface area contributed by atoms with Crippen LogP contribution in [0.3, 0.4) is 0 Å². The number of amides is 2. The molecule has 1 aromatic rings. The van der Waals surface area contributed by atoms with E-state index in [2.05, 4.69) is 10.6 Å². The van der Waals surface area contributed by atoms with Gasteiger partial charge in [-0.15, -0.1) is 0 Å². The molecule has 6 heteroatoms. The maximum atomic E-state index is 12.7. The maximum absolute atomic E-state index is 12.7. The molecule has 1 unspecified atom stereocenters. The summed E-state index contributed by atoms with van der Waals surface area (Å²) in [4.78, 5) is 37.1. The van der Waals surface area contributed by atoms with E-state index in [1.807, 2.05) is 42.5 Å². The van der Waals surface area contributed by atoms with E-state index in [0.29, 0.717) is 19.3 Å².